The van der Waals surface area contributed by atoms with Crippen LogP contribution in [-0.2, 0) is 0 Å². The normalized spacial score (nSPS) is 16.2. The van der Waals surface area contributed by atoms with Crippen LogP contribution >= 0.6 is 11.5 Å². The Bertz CT molecular complexity index is 577. The first kappa shape index (κ1) is 14.2. The van der Waals surface area contributed by atoms with Crippen LogP contribution in [0.3, 0.4) is 0 Å². The van der Waals surface area contributed by atoms with E-state index in [1.54, 1.807) is 0 Å². The van der Waals surface area contributed by atoms with Gasteiger partial charge >= 0.3 is 0 Å². The largest absolute Gasteiger partial charge is 0.476 e. The standard InChI is InChI=1S/C14H19N5OS/c1-10-3-4-13(17-16-10)20-9-12-5-7-19(8-6-12)14-15-11(2)18-21-14/h3-4,12H,5-9H2,1-2H3. The zero-order valence-electron chi connectivity index (χ0n) is 12.3. The first-order valence-corrected chi connectivity index (χ1v) is 7.96. The molecule has 3 rings (SSSR count). The fourth-order valence-electron chi connectivity index (χ4n) is 2.37. The lowest BCUT2D eigenvalue weighted by Gasteiger charge is -2.31. The molecule has 6 nitrogen and oxygen atoms in total. The average Bonchev–Trinajstić information content (AvgIpc) is 2.94. The molecule has 1 aliphatic heterocycles. The number of hydrogen-bond donors (Lipinski definition) is 0. The third kappa shape index (κ3) is 3.66. The van der Waals surface area contributed by atoms with Crippen LogP contribution in [-0.4, -0.2) is 39.3 Å². The molecule has 2 aromatic rings. The Morgan fingerprint density at radius 1 is 1.24 bits per heavy atom. The van der Waals surface area contributed by atoms with E-state index in [2.05, 4.69) is 24.5 Å². The zero-order valence-corrected chi connectivity index (χ0v) is 13.1. The summed E-state index contributed by atoms with van der Waals surface area (Å²) < 4.78 is 9.97. The van der Waals surface area contributed by atoms with Crippen LogP contribution in [0.5, 0.6) is 5.88 Å². The number of anilines is 1. The number of hydrogen-bond acceptors (Lipinski definition) is 7. The van der Waals surface area contributed by atoms with Gasteiger partial charge in [-0.15, -0.1) is 5.10 Å². The maximum Gasteiger partial charge on any atom is 0.233 e. The average molecular weight is 305 g/mol. The van der Waals surface area contributed by atoms with Crippen LogP contribution in [0.25, 0.3) is 0 Å². The van der Waals surface area contributed by atoms with Gasteiger partial charge in [-0.2, -0.15) is 9.47 Å². The summed E-state index contributed by atoms with van der Waals surface area (Å²) in [5.41, 5.74) is 0.906. The Morgan fingerprint density at radius 2 is 2.05 bits per heavy atom. The molecule has 0 saturated carbocycles. The van der Waals surface area contributed by atoms with Crippen LogP contribution in [0.4, 0.5) is 5.13 Å². The van der Waals surface area contributed by atoms with Crippen molar-refractivity contribution in [3.05, 3.63) is 23.7 Å². The monoisotopic (exact) mass is 305 g/mol. The summed E-state index contributed by atoms with van der Waals surface area (Å²) in [5.74, 6) is 2.04. The lowest BCUT2D eigenvalue weighted by atomic mass is 9.98. The molecular formula is C14H19N5OS. The van der Waals surface area contributed by atoms with E-state index in [9.17, 15) is 0 Å². The second-order valence-electron chi connectivity index (χ2n) is 5.38. The molecular weight excluding hydrogens is 286 g/mol. The van der Waals surface area contributed by atoms with E-state index in [1.165, 1.54) is 11.5 Å². The molecule has 7 heteroatoms. The van der Waals surface area contributed by atoms with E-state index in [-0.39, 0.29) is 0 Å². The minimum atomic E-state index is 0.568. The zero-order chi connectivity index (χ0) is 14.7. The fourth-order valence-corrected chi connectivity index (χ4v) is 3.10. The number of rotatable bonds is 4. The molecule has 112 valence electrons. The van der Waals surface area contributed by atoms with Crippen molar-refractivity contribution in [2.24, 2.45) is 5.92 Å². The van der Waals surface area contributed by atoms with Gasteiger partial charge in [0.25, 0.3) is 0 Å². The van der Waals surface area contributed by atoms with Gasteiger partial charge in [-0.3, -0.25) is 0 Å². The molecule has 0 radical (unpaired) electrons. The number of aromatic nitrogens is 4. The predicted octanol–water partition coefficient (Wildman–Crippen LogP) is 2.24. The molecule has 2 aromatic heterocycles. The number of aryl methyl sites for hydroxylation is 2. The summed E-state index contributed by atoms with van der Waals surface area (Å²) in [5, 5.41) is 9.07. The first-order chi connectivity index (χ1) is 10.2. The second-order valence-corrected chi connectivity index (χ2v) is 6.11. The van der Waals surface area contributed by atoms with E-state index in [4.69, 9.17) is 4.74 Å². The third-order valence-electron chi connectivity index (χ3n) is 3.64. The van der Waals surface area contributed by atoms with Gasteiger partial charge in [0.1, 0.15) is 5.82 Å². The molecule has 21 heavy (non-hydrogen) atoms. The molecule has 3 heterocycles. The number of ether oxygens (including phenoxy) is 1. The van der Waals surface area contributed by atoms with Gasteiger partial charge in [0.2, 0.25) is 11.0 Å². The van der Waals surface area contributed by atoms with Crippen molar-refractivity contribution in [2.45, 2.75) is 26.7 Å². The van der Waals surface area contributed by atoms with E-state index in [1.807, 2.05) is 26.0 Å². The van der Waals surface area contributed by atoms with Crippen LogP contribution in [0.15, 0.2) is 12.1 Å². The Hall–Kier alpha value is -1.76. The van der Waals surface area contributed by atoms with Gasteiger partial charge in [0, 0.05) is 30.7 Å². The molecule has 1 aliphatic rings. The van der Waals surface area contributed by atoms with Crippen molar-refractivity contribution in [3.63, 3.8) is 0 Å². The SMILES string of the molecule is Cc1ccc(OCC2CCN(c3nc(C)ns3)CC2)nn1. The van der Waals surface area contributed by atoms with E-state index in [0.29, 0.717) is 18.4 Å². The quantitative estimate of drug-likeness (QED) is 0.863. The summed E-state index contributed by atoms with van der Waals surface area (Å²) >= 11 is 1.48. The molecule has 0 atom stereocenters. The molecule has 0 aliphatic carbocycles. The molecule has 1 saturated heterocycles. The lowest BCUT2D eigenvalue weighted by Crippen LogP contribution is -2.35. The van der Waals surface area contributed by atoms with Gasteiger partial charge in [-0.25, -0.2) is 4.98 Å². The topological polar surface area (TPSA) is 64.0 Å². The molecule has 0 unspecified atom stereocenters. The van der Waals surface area contributed by atoms with Crippen molar-refractivity contribution < 1.29 is 4.74 Å². The third-order valence-corrected chi connectivity index (χ3v) is 4.51. The molecule has 0 amide bonds. The highest BCUT2D eigenvalue weighted by atomic mass is 32.1. The van der Waals surface area contributed by atoms with Crippen LogP contribution in [0, 0.1) is 19.8 Å². The first-order valence-electron chi connectivity index (χ1n) is 7.19. The smallest absolute Gasteiger partial charge is 0.233 e. The van der Waals surface area contributed by atoms with E-state index in [0.717, 1.165) is 42.6 Å². The summed E-state index contributed by atoms with van der Waals surface area (Å²) in [4.78, 5) is 6.76. The highest BCUT2D eigenvalue weighted by Crippen LogP contribution is 2.25. The molecule has 0 bridgehead atoms. The van der Waals surface area contributed by atoms with Crippen molar-refractivity contribution in [1.29, 1.82) is 0 Å². The van der Waals surface area contributed by atoms with Crippen LogP contribution < -0.4 is 9.64 Å². The summed E-state index contributed by atoms with van der Waals surface area (Å²) in [6, 6.07) is 3.80. The Labute approximate surface area is 128 Å². The minimum Gasteiger partial charge on any atom is -0.476 e. The predicted molar refractivity (Wildman–Crippen MR) is 81.8 cm³/mol. The summed E-state index contributed by atoms with van der Waals surface area (Å²) in [6.07, 6.45) is 2.22. The Morgan fingerprint density at radius 3 is 2.67 bits per heavy atom. The summed E-state index contributed by atoms with van der Waals surface area (Å²) in [6.45, 7) is 6.59. The van der Waals surface area contributed by atoms with E-state index < -0.39 is 0 Å². The van der Waals surface area contributed by atoms with E-state index >= 15 is 0 Å². The highest BCUT2D eigenvalue weighted by Gasteiger charge is 2.22. The van der Waals surface area contributed by atoms with Crippen LogP contribution in [0.2, 0.25) is 0 Å². The van der Waals surface area contributed by atoms with Crippen molar-refractivity contribution in [3.8, 4) is 5.88 Å². The van der Waals surface area contributed by atoms with Gasteiger partial charge in [-0.05, 0) is 38.7 Å². The van der Waals surface area contributed by atoms with Crippen molar-refractivity contribution in [1.82, 2.24) is 19.6 Å². The fraction of sp³-hybridized carbons (Fsp3) is 0.571. The molecule has 1 fully saturated rings. The lowest BCUT2D eigenvalue weighted by molar-refractivity contribution is 0.214. The molecule has 0 aromatic carbocycles. The van der Waals surface area contributed by atoms with Gasteiger partial charge in [0.15, 0.2) is 0 Å². The van der Waals surface area contributed by atoms with Gasteiger partial charge in [-0.1, -0.05) is 0 Å². The Kier molecular flexibility index (Phi) is 4.28. The minimum absolute atomic E-state index is 0.568. The van der Waals surface area contributed by atoms with Gasteiger partial charge < -0.3 is 9.64 Å². The van der Waals surface area contributed by atoms with Crippen LogP contribution in [0.1, 0.15) is 24.4 Å². The van der Waals surface area contributed by atoms with Crippen molar-refractivity contribution in [2.75, 3.05) is 24.6 Å². The number of nitrogens with zero attached hydrogens (tertiary/aromatic N) is 5. The Balaban J connectivity index is 1.46. The van der Waals surface area contributed by atoms with Gasteiger partial charge in [0.05, 0.1) is 12.3 Å². The highest BCUT2D eigenvalue weighted by molar-refractivity contribution is 7.09. The maximum atomic E-state index is 5.73. The number of piperidine rings is 1. The molecule has 0 N–H and O–H groups in total. The second kappa shape index (κ2) is 6.34. The summed E-state index contributed by atoms with van der Waals surface area (Å²) in [7, 11) is 0. The maximum absolute atomic E-state index is 5.73. The van der Waals surface area contributed by atoms with Crippen molar-refractivity contribution >= 4 is 16.7 Å². The molecule has 0 spiro atoms.